The first-order chi connectivity index (χ1) is 9.04. The first-order valence-corrected chi connectivity index (χ1v) is 8.35. The number of anilines is 1. The van der Waals surface area contributed by atoms with Crippen molar-refractivity contribution in [2.45, 2.75) is 39.5 Å². The summed E-state index contributed by atoms with van der Waals surface area (Å²) in [6.45, 7) is 5.23. The summed E-state index contributed by atoms with van der Waals surface area (Å²) in [4.78, 5) is 0. The monoisotopic (exact) mass is 282 g/mol. The van der Waals surface area contributed by atoms with Gasteiger partial charge in [0.25, 0.3) is 0 Å². The first kappa shape index (κ1) is 14.3. The number of rotatable bonds is 4. The quantitative estimate of drug-likeness (QED) is 0.923. The van der Waals surface area contributed by atoms with Gasteiger partial charge in [-0.15, -0.1) is 0 Å². The molecule has 2 rings (SSSR count). The van der Waals surface area contributed by atoms with Crippen LogP contribution in [-0.4, -0.2) is 25.8 Å². The molecule has 0 saturated carbocycles. The number of benzene rings is 1. The summed E-state index contributed by atoms with van der Waals surface area (Å²) in [7, 11) is -3.41. The average molecular weight is 282 g/mol. The van der Waals surface area contributed by atoms with Crippen LogP contribution in [0.25, 0.3) is 0 Å². The molecule has 1 aliphatic heterocycles. The maximum Gasteiger partial charge on any atom is 0.301 e. The van der Waals surface area contributed by atoms with Crippen molar-refractivity contribution in [3.8, 4) is 0 Å². The van der Waals surface area contributed by atoms with E-state index in [-0.39, 0.29) is 0 Å². The van der Waals surface area contributed by atoms with Gasteiger partial charge in [-0.2, -0.15) is 12.7 Å². The molecule has 5 heteroatoms. The fraction of sp³-hybridized carbons (Fsp3) is 0.571. The van der Waals surface area contributed by atoms with Crippen molar-refractivity contribution in [1.29, 1.82) is 0 Å². The van der Waals surface area contributed by atoms with Crippen molar-refractivity contribution < 1.29 is 8.42 Å². The molecular weight excluding hydrogens is 260 g/mol. The summed E-state index contributed by atoms with van der Waals surface area (Å²) in [6, 6.07) is 5.88. The molecule has 19 heavy (non-hydrogen) atoms. The van der Waals surface area contributed by atoms with Gasteiger partial charge in [0, 0.05) is 13.1 Å². The van der Waals surface area contributed by atoms with Gasteiger partial charge in [0.1, 0.15) is 0 Å². The van der Waals surface area contributed by atoms with Crippen LogP contribution in [0.2, 0.25) is 0 Å². The summed E-state index contributed by atoms with van der Waals surface area (Å²) in [5, 5.41) is 0. The second kappa shape index (κ2) is 5.92. The maximum atomic E-state index is 12.4. The molecule has 0 aromatic heterocycles. The van der Waals surface area contributed by atoms with Gasteiger partial charge in [-0.25, -0.2) is 0 Å². The van der Waals surface area contributed by atoms with E-state index in [0.29, 0.717) is 13.1 Å². The van der Waals surface area contributed by atoms with Crippen molar-refractivity contribution in [2.75, 3.05) is 17.8 Å². The minimum absolute atomic E-state index is 0.628. The highest BCUT2D eigenvalue weighted by atomic mass is 32.2. The van der Waals surface area contributed by atoms with E-state index in [1.165, 1.54) is 0 Å². The molecule has 0 atom stereocenters. The molecule has 4 nitrogen and oxygen atoms in total. The number of aryl methyl sites for hydroxylation is 2. The van der Waals surface area contributed by atoms with Gasteiger partial charge < -0.3 is 0 Å². The minimum Gasteiger partial charge on any atom is -0.270 e. The van der Waals surface area contributed by atoms with E-state index in [4.69, 9.17) is 0 Å². The first-order valence-electron chi connectivity index (χ1n) is 6.91. The van der Waals surface area contributed by atoms with Gasteiger partial charge in [0.2, 0.25) is 0 Å². The molecule has 1 saturated heterocycles. The number of nitrogens with one attached hydrogen (secondary N) is 1. The van der Waals surface area contributed by atoms with E-state index in [9.17, 15) is 8.42 Å². The van der Waals surface area contributed by atoms with Gasteiger partial charge in [-0.05, 0) is 37.3 Å². The Morgan fingerprint density at radius 1 is 1.21 bits per heavy atom. The van der Waals surface area contributed by atoms with Crippen molar-refractivity contribution in [3.05, 3.63) is 29.3 Å². The molecule has 1 heterocycles. The second-order valence-electron chi connectivity index (χ2n) is 5.03. The predicted octanol–water partition coefficient (Wildman–Crippen LogP) is 2.70. The average Bonchev–Trinajstić information content (AvgIpc) is 2.42. The number of nitrogens with zero attached hydrogens (tertiary/aromatic N) is 1. The lowest BCUT2D eigenvalue weighted by Crippen LogP contribution is -2.39. The Hall–Kier alpha value is -1.07. The molecule has 0 amide bonds. The smallest absolute Gasteiger partial charge is 0.270 e. The van der Waals surface area contributed by atoms with E-state index in [0.717, 1.165) is 42.5 Å². The lowest BCUT2D eigenvalue weighted by Gasteiger charge is -2.27. The number of hydrogen-bond donors (Lipinski definition) is 1. The second-order valence-corrected chi connectivity index (χ2v) is 6.70. The zero-order valence-corrected chi connectivity index (χ0v) is 12.5. The SMILES string of the molecule is CCc1cccc(C)c1NS(=O)(=O)N1CCCCC1. The summed E-state index contributed by atoms with van der Waals surface area (Å²) in [5.74, 6) is 0. The third kappa shape index (κ3) is 3.28. The molecule has 106 valence electrons. The Morgan fingerprint density at radius 2 is 1.89 bits per heavy atom. The number of hydrogen-bond acceptors (Lipinski definition) is 2. The highest BCUT2D eigenvalue weighted by Crippen LogP contribution is 2.24. The number of para-hydroxylation sites is 1. The van der Waals surface area contributed by atoms with Crippen LogP contribution in [0.15, 0.2) is 18.2 Å². The largest absolute Gasteiger partial charge is 0.301 e. The van der Waals surface area contributed by atoms with E-state index < -0.39 is 10.2 Å². The Morgan fingerprint density at radius 3 is 2.53 bits per heavy atom. The summed E-state index contributed by atoms with van der Waals surface area (Å²) < 4.78 is 29.1. The molecule has 0 unspecified atom stereocenters. The normalized spacial score (nSPS) is 17.4. The van der Waals surface area contributed by atoms with Crippen LogP contribution in [0.1, 0.15) is 37.3 Å². The molecule has 0 radical (unpaired) electrons. The lowest BCUT2D eigenvalue weighted by molar-refractivity contribution is 0.349. The topological polar surface area (TPSA) is 49.4 Å². The highest BCUT2D eigenvalue weighted by Gasteiger charge is 2.24. The molecule has 0 aliphatic carbocycles. The Kier molecular flexibility index (Phi) is 4.47. The summed E-state index contributed by atoms with van der Waals surface area (Å²) in [6.07, 6.45) is 3.85. The molecule has 1 aliphatic rings. The van der Waals surface area contributed by atoms with Crippen molar-refractivity contribution in [3.63, 3.8) is 0 Å². The van der Waals surface area contributed by atoms with Crippen molar-refractivity contribution in [2.24, 2.45) is 0 Å². The van der Waals surface area contributed by atoms with Crippen LogP contribution in [0.4, 0.5) is 5.69 Å². The standard InChI is InChI=1S/C14H22N2O2S/c1-3-13-9-7-8-12(2)14(13)15-19(17,18)16-10-5-4-6-11-16/h7-9,15H,3-6,10-11H2,1-2H3. The van der Waals surface area contributed by atoms with Crippen LogP contribution in [-0.2, 0) is 16.6 Å². The van der Waals surface area contributed by atoms with Gasteiger partial charge in [-0.3, -0.25) is 4.72 Å². The lowest BCUT2D eigenvalue weighted by atomic mass is 10.1. The summed E-state index contributed by atoms with van der Waals surface area (Å²) in [5.41, 5.74) is 2.76. The van der Waals surface area contributed by atoms with E-state index in [2.05, 4.69) is 4.72 Å². The predicted molar refractivity (Wildman–Crippen MR) is 78.5 cm³/mol. The van der Waals surface area contributed by atoms with Crippen LogP contribution >= 0.6 is 0 Å². The highest BCUT2D eigenvalue weighted by molar-refractivity contribution is 7.90. The molecule has 0 bridgehead atoms. The van der Waals surface area contributed by atoms with Crippen LogP contribution in [0.5, 0.6) is 0 Å². The Balaban J connectivity index is 2.24. The van der Waals surface area contributed by atoms with Gasteiger partial charge in [0.05, 0.1) is 5.69 Å². The molecule has 1 aromatic rings. The van der Waals surface area contributed by atoms with E-state index in [1.807, 2.05) is 32.0 Å². The fourth-order valence-electron chi connectivity index (χ4n) is 2.47. The Bertz CT molecular complexity index is 534. The van der Waals surface area contributed by atoms with Gasteiger partial charge in [-0.1, -0.05) is 31.5 Å². The van der Waals surface area contributed by atoms with E-state index in [1.54, 1.807) is 4.31 Å². The van der Waals surface area contributed by atoms with Gasteiger partial charge in [0.15, 0.2) is 0 Å². The zero-order chi connectivity index (χ0) is 13.9. The van der Waals surface area contributed by atoms with Crippen molar-refractivity contribution >= 4 is 15.9 Å². The van der Waals surface area contributed by atoms with Crippen LogP contribution in [0.3, 0.4) is 0 Å². The number of piperidine rings is 1. The third-order valence-corrected chi connectivity index (χ3v) is 5.13. The third-order valence-electron chi connectivity index (χ3n) is 3.63. The van der Waals surface area contributed by atoms with E-state index >= 15 is 0 Å². The van der Waals surface area contributed by atoms with Gasteiger partial charge >= 0.3 is 10.2 Å². The molecular formula is C14H22N2O2S. The van der Waals surface area contributed by atoms with Crippen molar-refractivity contribution in [1.82, 2.24) is 4.31 Å². The van der Waals surface area contributed by atoms with Crippen LogP contribution in [0, 0.1) is 6.92 Å². The molecule has 0 spiro atoms. The summed E-state index contributed by atoms with van der Waals surface area (Å²) >= 11 is 0. The molecule has 1 aromatic carbocycles. The van der Waals surface area contributed by atoms with Crippen LogP contribution < -0.4 is 4.72 Å². The molecule has 1 fully saturated rings. The fourth-order valence-corrected chi connectivity index (χ4v) is 3.89. The Labute approximate surface area is 116 Å². The maximum absolute atomic E-state index is 12.4. The molecule has 1 N–H and O–H groups in total. The minimum atomic E-state index is -3.41. The zero-order valence-electron chi connectivity index (χ0n) is 11.6.